The van der Waals surface area contributed by atoms with Crippen LogP contribution in [-0.2, 0) is 10.0 Å². The number of nitrogens with one attached hydrogen (secondary N) is 2. The second kappa shape index (κ2) is 7.76. The number of rotatable bonds is 4. The van der Waals surface area contributed by atoms with Gasteiger partial charge in [-0.2, -0.15) is 0 Å². The van der Waals surface area contributed by atoms with Crippen molar-refractivity contribution < 1.29 is 17.6 Å². The third kappa shape index (κ3) is 3.82. The highest BCUT2D eigenvalue weighted by atomic mass is 32.2. The van der Waals surface area contributed by atoms with Gasteiger partial charge in [0.15, 0.2) is 0 Å². The van der Waals surface area contributed by atoms with Gasteiger partial charge in [-0.25, -0.2) is 17.8 Å². The Morgan fingerprint density at radius 2 is 1.91 bits per heavy atom. The van der Waals surface area contributed by atoms with Crippen LogP contribution >= 0.6 is 0 Å². The van der Waals surface area contributed by atoms with Crippen LogP contribution in [0.15, 0.2) is 66.7 Å². The number of H-pyrrole nitrogens is 1. The standard InChI is InChI=1S/C23H19FN4O3S/c24-17-6-1-4-15(12-17)22-26-20-9-8-18(14-21(20)27-22)25-23(29)16-5-2-7-19(13-16)28-10-3-11-32(28,30)31/h1-2,4-9,12-14H,3,10-11H2,(H,25,29)(H,26,27). The van der Waals surface area contributed by atoms with Gasteiger partial charge in [-0.15, -0.1) is 0 Å². The molecule has 0 atom stereocenters. The lowest BCUT2D eigenvalue weighted by Crippen LogP contribution is -2.25. The Labute approximate surface area is 184 Å². The Hall–Kier alpha value is -3.72. The predicted molar refractivity (Wildman–Crippen MR) is 122 cm³/mol. The molecule has 4 aromatic rings. The minimum Gasteiger partial charge on any atom is -0.338 e. The Bertz CT molecular complexity index is 1450. The van der Waals surface area contributed by atoms with Crippen LogP contribution in [0.4, 0.5) is 15.8 Å². The lowest BCUT2D eigenvalue weighted by molar-refractivity contribution is 0.102. The van der Waals surface area contributed by atoms with E-state index in [-0.39, 0.29) is 17.5 Å². The van der Waals surface area contributed by atoms with Crippen molar-refractivity contribution in [2.24, 2.45) is 0 Å². The molecule has 7 nitrogen and oxygen atoms in total. The molecular weight excluding hydrogens is 431 g/mol. The van der Waals surface area contributed by atoms with Crippen molar-refractivity contribution in [3.05, 3.63) is 78.1 Å². The monoisotopic (exact) mass is 450 g/mol. The maximum atomic E-state index is 13.5. The van der Waals surface area contributed by atoms with Crippen LogP contribution in [0.3, 0.4) is 0 Å². The van der Waals surface area contributed by atoms with Crippen LogP contribution in [0.25, 0.3) is 22.4 Å². The van der Waals surface area contributed by atoms with Crippen molar-refractivity contribution in [3.63, 3.8) is 0 Å². The number of aromatic amines is 1. The van der Waals surface area contributed by atoms with Gasteiger partial charge in [0.1, 0.15) is 11.6 Å². The molecule has 2 heterocycles. The summed E-state index contributed by atoms with van der Waals surface area (Å²) in [5.41, 5.74) is 3.40. The number of imidazole rings is 1. The van der Waals surface area contributed by atoms with Gasteiger partial charge in [0.25, 0.3) is 5.91 Å². The molecule has 5 rings (SSSR count). The number of nitrogens with zero attached hydrogens (tertiary/aromatic N) is 2. The van der Waals surface area contributed by atoms with E-state index in [1.165, 1.54) is 16.4 Å². The van der Waals surface area contributed by atoms with E-state index in [0.29, 0.717) is 52.3 Å². The number of carbonyl (C=O) groups excluding carboxylic acids is 1. The molecule has 1 amide bonds. The number of hydrogen-bond donors (Lipinski definition) is 2. The molecular formula is C23H19FN4O3S. The molecule has 1 aliphatic heterocycles. The van der Waals surface area contributed by atoms with E-state index in [2.05, 4.69) is 15.3 Å². The largest absolute Gasteiger partial charge is 0.338 e. The summed E-state index contributed by atoms with van der Waals surface area (Å²) in [5, 5.41) is 2.83. The maximum Gasteiger partial charge on any atom is 0.255 e. The minimum atomic E-state index is -3.32. The highest BCUT2D eigenvalue weighted by molar-refractivity contribution is 7.93. The number of fused-ring (bicyclic) bond motifs is 1. The van der Waals surface area contributed by atoms with Crippen LogP contribution in [-0.4, -0.2) is 36.6 Å². The highest BCUT2D eigenvalue weighted by Gasteiger charge is 2.28. The molecule has 0 spiro atoms. The first-order valence-corrected chi connectivity index (χ1v) is 11.7. The van der Waals surface area contributed by atoms with Crippen molar-refractivity contribution >= 4 is 38.3 Å². The number of sulfonamides is 1. The lowest BCUT2D eigenvalue weighted by atomic mass is 10.1. The van der Waals surface area contributed by atoms with E-state index in [0.717, 1.165) is 0 Å². The third-order valence-electron chi connectivity index (χ3n) is 5.33. The molecule has 162 valence electrons. The average Bonchev–Trinajstić information content (AvgIpc) is 3.36. The van der Waals surface area contributed by atoms with Gasteiger partial charge in [-0.3, -0.25) is 9.10 Å². The predicted octanol–water partition coefficient (Wildman–Crippen LogP) is 4.16. The second-order valence-electron chi connectivity index (χ2n) is 7.57. The van der Waals surface area contributed by atoms with E-state index in [1.807, 2.05) is 0 Å². The first-order valence-electron chi connectivity index (χ1n) is 10.1. The van der Waals surface area contributed by atoms with Gasteiger partial charge in [0.05, 0.1) is 22.5 Å². The van der Waals surface area contributed by atoms with Crippen LogP contribution in [0, 0.1) is 5.82 Å². The van der Waals surface area contributed by atoms with Gasteiger partial charge >= 0.3 is 0 Å². The summed E-state index contributed by atoms with van der Waals surface area (Å²) in [7, 11) is -3.32. The molecule has 0 saturated carbocycles. The summed E-state index contributed by atoms with van der Waals surface area (Å²) < 4.78 is 39.2. The Balaban J connectivity index is 1.39. The number of aromatic nitrogens is 2. The molecule has 0 bridgehead atoms. The fourth-order valence-electron chi connectivity index (χ4n) is 3.79. The zero-order valence-electron chi connectivity index (χ0n) is 16.9. The molecule has 1 saturated heterocycles. The Kier molecular flexibility index (Phi) is 4.90. The number of hydrogen-bond acceptors (Lipinski definition) is 4. The minimum absolute atomic E-state index is 0.116. The summed E-state index contributed by atoms with van der Waals surface area (Å²) in [6, 6.07) is 17.9. The van der Waals surface area contributed by atoms with Crippen molar-refractivity contribution in [1.82, 2.24) is 9.97 Å². The van der Waals surface area contributed by atoms with E-state index in [4.69, 9.17) is 0 Å². The fourth-order valence-corrected chi connectivity index (χ4v) is 5.35. The van der Waals surface area contributed by atoms with Gasteiger partial charge < -0.3 is 10.3 Å². The number of carbonyl (C=O) groups is 1. The molecule has 0 aliphatic carbocycles. The van der Waals surface area contributed by atoms with E-state index >= 15 is 0 Å². The smallest absolute Gasteiger partial charge is 0.255 e. The second-order valence-corrected chi connectivity index (χ2v) is 9.59. The summed E-state index contributed by atoms with van der Waals surface area (Å²) in [6.45, 7) is 0.414. The first-order chi connectivity index (χ1) is 15.4. The zero-order valence-corrected chi connectivity index (χ0v) is 17.7. The quantitative estimate of drug-likeness (QED) is 0.488. The lowest BCUT2D eigenvalue weighted by Gasteiger charge is -2.17. The van der Waals surface area contributed by atoms with E-state index in [9.17, 15) is 17.6 Å². The number of anilines is 2. The van der Waals surface area contributed by atoms with Gasteiger partial charge in [-0.05, 0) is 55.0 Å². The molecule has 0 radical (unpaired) electrons. The summed E-state index contributed by atoms with van der Waals surface area (Å²) >= 11 is 0. The van der Waals surface area contributed by atoms with Crippen LogP contribution in [0.2, 0.25) is 0 Å². The maximum absolute atomic E-state index is 13.5. The first kappa shape index (κ1) is 20.2. The Morgan fingerprint density at radius 3 is 2.69 bits per heavy atom. The molecule has 32 heavy (non-hydrogen) atoms. The molecule has 1 aliphatic rings. The van der Waals surface area contributed by atoms with Crippen LogP contribution in [0.5, 0.6) is 0 Å². The fraction of sp³-hybridized carbons (Fsp3) is 0.130. The number of amides is 1. The zero-order chi connectivity index (χ0) is 22.3. The molecule has 1 aromatic heterocycles. The summed E-state index contributed by atoms with van der Waals surface area (Å²) in [5.74, 6) is -0.0550. The molecule has 9 heteroatoms. The van der Waals surface area contributed by atoms with Crippen LogP contribution < -0.4 is 9.62 Å². The molecule has 0 unspecified atom stereocenters. The van der Waals surface area contributed by atoms with Gasteiger partial charge in [0.2, 0.25) is 10.0 Å². The topological polar surface area (TPSA) is 95.2 Å². The van der Waals surface area contributed by atoms with Crippen molar-refractivity contribution in [2.75, 3.05) is 21.9 Å². The third-order valence-corrected chi connectivity index (χ3v) is 7.20. The van der Waals surface area contributed by atoms with Crippen molar-refractivity contribution in [3.8, 4) is 11.4 Å². The summed E-state index contributed by atoms with van der Waals surface area (Å²) in [6.07, 6.45) is 0.570. The van der Waals surface area contributed by atoms with Gasteiger partial charge in [-0.1, -0.05) is 18.2 Å². The highest BCUT2D eigenvalue weighted by Crippen LogP contribution is 2.26. The molecule has 3 aromatic carbocycles. The molecule has 1 fully saturated rings. The Morgan fingerprint density at radius 1 is 1.06 bits per heavy atom. The summed E-state index contributed by atoms with van der Waals surface area (Å²) in [4.78, 5) is 20.4. The van der Waals surface area contributed by atoms with Gasteiger partial charge in [0, 0.05) is 23.4 Å². The molecule has 2 N–H and O–H groups in total. The van der Waals surface area contributed by atoms with E-state index < -0.39 is 10.0 Å². The van der Waals surface area contributed by atoms with Crippen molar-refractivity contribution in [1.29, 1.82) is 0 Å². The van der Waals surface area contributed by atoms with Crippen LogP contribution in [0.1, 0.15) is 16.8 Å². The normalized spacial score (nSPS) is 15.2. The van der Waals surface area contributed by atoms with Crippen molar-refractivity contribution in [2.45, 2.75) is 6.42 Å². The number of halogens is 1. The van der Waals surface area contributed by atoms with E-state index in [1.54, 1.807) is 54.6 Å². The average molecular weight is 450 g/mol. The SMILES string of the molecule is O=C(Nc1ccc2nc(-c3cccc(F)c3)[nH]c2c1)c1cccc(N2CCCS2(=O)=O)c1. The number of benzene rings is 3.